The summed E-state index contributed by atoms with van der Waals surface area (Å²) >= 11 is 0. The molecule has 0 amide bonds. The van der Waals surface area contributed by atoms with Crippen molar-refractivity contribution in [1.29, 1.82) is 0 Å². The van der Waals surface area contributed by atoms with Crippen LogP contribution in [0.3, 0.4) is 0 Å². The SMILES string of the molecule is CCC/C=C\C/C=C\CCCCCCCC(=O)OCC(COP(=O)(O)OCC(CO)OC(=O)CCCCCCCCCCCCC)OC(=O)CCCCCCCCCCC/C=C\C/C=C\CCCCC. The number of hydrogen-bond donors (Lipinski definition) is 2. The maximum atomic E-state index is 12.9. The minimum atomic E-state index is -4.74. The molecule has 0 aliphatic carbocycles. The molecule has 0 saturated heterocycles. The average molecular weight is 1010 g/mol. The van der Waals surface area contributed by atoms with E-state index in [1.807, 2.05) is 0 Å². The molecule has 0 aliphatic rings. The van der Waals surface area contributed by atoms with Gasteiger partial charge in [0, 0.05) is 19.3 Å². The number of esters is 3. The van der Waals surface area contributed by atoms with E-state index >= 15 is 0 Å². The van der Waals surface area contributed by atoms with Crippen molar-refractivity contribution in [2.24, 2.45) is 0 Å². The fraction of sp³-hybridized carbons (Fsp3) is 0.810. The van der Waals surface area contributed by atoms with Gasteiger partial charge in [-0.15, -0.1) is 0 Å². The van der Waals surface area contributed by atoms with Crippen LogP contribution in [0.2, 0.25) is 0 Å². The smallest absolute Gasteiger partial charge is 0.462 e. The number of unbranched alkanes of at least 4 members (excludes halogenated alkanes) is 28. The maximum absolute atomic E-state index is 12.9. The Labute approximate surface area is 428 Å². The second-order valence-corrected chi connectivity index (χ2v) is 20.6. The fourth-order valence-corrected chi connectivity index (χ4v) is 8.62. The number of carbonyl (C=O) groups excluding carboxylic acids is 3. The summed E-state index contributed by atoms with van der Waals surface area (Å²) in [7, 11) is -4.74. The predicted molar refractivity (Wildman–Crippen MR) is 289 cm³/mol. The minimum Gasteiger partial charge on any atom is -0.462 e. The predicted octanol–water partition coefficient (Wildman–Crippen LogP) is 16.6. The Morgan fingerprint density at radius 2 is 0.729 bits per heavy atom. The van der Waals surface area contributed by atoms with E-state index in [-0.39, 0.29) is 25.9 Å². The summed E-state index contributed by atoms with van der Waals surface area (Å²) in [6.45, 7) is 4.55. The van der Waals surface area contributed by atoms with Crippen LogP contribution in [0.25, 0.3) is 0 Å². The Morgan fingerprint density at radius 3 is 1.14 bits per heavy atom. The van der Waals surface area contributed by atoms with Crippen molar-refractivity contribution in [1.82, 2.24) is 0 Å². The fourth-order valence-electron chi connectivity index (χ4n) is 7.84. The lowest BCUT2D eigenvalue weighted by molar-refractivity contribution is -0.161. The summed E-state index contributed by atoms with van der Waals surface area (Å²) in [5.74, 6) is -1.47. The van der Waals surface area contributed by atoms with Crippen molar-refractivity contribution >= 4 is 25.7 Å². The Hall–Kier alpha value is -2.56. The quantitative estimate of drug-likeness (QED) is 0.0197. The molecule has 0 fully saturated rings. The highest BCUT2D eigenvalue weighted by molar-refractivity contribution is 7.47. The molecule has 0 heterocycles. The minimum absolute atomic E-state index is 0.161. The third-order valence-corrected chi connectivity index (χ3v) is 13.2. The molecule has 0 aliphatic heterocycles. The van der Waals surface area contributed by atoms with E-state index in [1.165, 1.54) is 109 Å². The molecule has 0 aromatic carbocycles. The van der Waals surface area contributed by atoms with E-state index in [1.54, 1.807) is 0 Å². The van der Waals surface area contributed by atoms with E-state index in [2.05, 4.69) is 69.4 Å². The number of ether oxygens (including phenoxy) is 3. The summed E-state index contributed by atoms with van der Waals surface area (Å²) in [5, 5.41) is 9.78. The molecular weight excluding hydrogens is 904 g/mol. The van der Waals surface area contributed by atoms with Crippen molar-refractivity contribution in [3.63, 3.8) is 0 Å². The van der Waals surface area contributed by atoms with Crippen molar-refractivity contribution in [2.75, 3.05) is 26.4 Å². The molecule has 408 valence electrons. The average Bonchev–Trinajstić information content (AvgIpc) is 3.35. The zero-order chi connectivity index (χ0) is 51.3. The van der Waals surface area contributed by atoms with Gasteiger partial charge in [0.05, 0.1) is 19.8 Å². The van der Waals surface area contributed by atoms with Gasteiger partial charge in [-0.3, -0.25) is 23.4 Å². The van der Waals surface area contributed by atoms with E-state index in [0.29, 0.717) is 19.3 Å². The van der Waals surface area contributed by atoms with Gasteiger partial charge in [0.1, 0.15) is 12.7 Å². The molecule has 11 nitrogen and oxygen atoms in total. The zero-order valence-corrected chi connectivity index (χ0v) is 45.9. The van der Waals surface area contributed by atoms with Gasteiger partial charge >= 0.3 is 25.7 Å². The topological polar surface area (TPSA) is 155 Å². The first-order valence-corrected chi connectivity index (χ1v) is 30.0. The van der Waals surface area contributed by atoms with Gasteiger partial charge in [-0.2, -0.15) is 0 Å². The van der Waals surface area contributed by atoms with Gasteiger partial charge < -0.3 is 24.2 Å². The van der Waals surface area contributed by atoms with Crippen LogP contribution >= 0.6 is 7.82 Å². The number of aliphatic hydroxyl groups excluding tert-OH is 1. The summed E-state index contributed by atoms with van der Waals surface area (Å²) in [5.41, 5.74) is 0. The van der Waals surface area contributed by atoms with Crippen LogP contribution in [0.15, 0.2) is 48.6 Å². The number of carbonyl (C=O) groups is 3. The molecule has 0 spiro atoms. The van der Waals surface area contributed by atoms with Crippen molar-refractivity contribution in [3.05, 3.63) is 48.6 Å². The first-order chi connectivity index (χ1) is 34.2. The van der Waals surface area contributed by atoms with E-state index < -0.39 is 57.8 Å². The highest BCUT2D eigenvalue weighted by atomic mass is 31.2. The molecule has 3 atom stereocenters. The molecule has 12 heteroatoms. The third-order valence-electron chi connectivity index (χ3n) is 12.2. The summed E-state index contributed by atoms with van der Waals surface area (Å²) in [6, 6.07) is 0. The van der Waals surface area contributed by atoms with Crippen LogP contribution in [0.4, 0.5) is 0 Å². The van der Waals surface area contributed by atoms with Crippen molar-refractivity contribution in [2.45, 2.75) is 277 Å². The van der Waals surface area contributed by atoms with Crippen LogP contribution in [-0.2, 0) is 42.2 Å². The van der Waals surface area contributed by atoms with Crippen LogP contribution in [0.1, 0.15) is 265 Å². The molecular formula is C58H105O11P. The zero-order valence-electron chi connectivity index (χ0n) is 45.0. The molecule has 70 heavy (non-hydrogen) atoms. The second-order valence-electron chi connectivity index (χ2n) is 19.1. The Balaban J connectivity index is 4.71. The van der Waals surface area contributed by atoms with Gasteiger partial charge in [-0.05, 0) is 77.0 Å². The van der Waals surface area contributed by atoms with E-state index in [0.717, 1.165) is 96.3 Å². The summed E-state index contributed by atoms with van der Waals surface area (Å²) in [6.07, 6.45) is 55.0. The van der Waals surface area contributed by atoms with Crippen LogP contribution < -0.4 is 0 Å². The number of aliphatic hydroxyl groups is 1. The lowest BCUT2D eigenvalue weighted by Crippen LogP contribution is -2.30. The molecule has 2 N–H and O–H groups in total. The van der Waals surface area contributed by atoms with Gasteiger partial charge in [-0.25, -0.2) is 4.57 Å². The first-order valence-electron chi connectivity index (χ1n) is 28.5. The van der Waals surface area contributed by atoms with Gasteiger partial charge in [0.2, 0.25) is 0 Å². The third kappa shape index (κ3) is 50.4. The maximum Gasteiger partial charge on any atom is 0.472 e. The molecule has 0 aromatic heterocycles. The summed E-state index contributed by atoms with van der Waals surface area (Å²) in [4.78, 5) is 48.4. The van der Waals surface area contributed by atoms with E-state index in [4.69, 9.17) is 23.3 Å². The molecule has 0 bridgehead atoms. The van der Waals surface area contributed by atoms with Gasteiger partial charge in [0.25, 0.3) is 0 Å². The van der Waals surface area contributed by atoms with Crippen LogP contribution in [0.5, 0.6) is 0 Å². The van der Waals surface area contributed by atoms with Crippen LogP contribution in [0, 0.1) is 0 Å². The number of phosphoric ester groups is 1. The number of allylic oxidation sites excluding steroid dienone is 8. The normalized spacial score (nSPS) is 13.7. The molecule has 0 saturated carbocycles. The second kappa shape index (κ2) is 52.8. The lowest BCUT2D eigenvalue weighted by Gasteiger charge is -2.21. The molecule has 0 radical (unpaired) electrons. The Kier molecular flexibility index (Phi) is 50.8. The molecule has 0 aromatic rings. The number of hydrogen-bond acceptors (Lipinski definition) is 10. The standard InChI is InChI=1S/C58H105O11P/c1-4-7-10-13-16-19-22-24-25-26-27-28-29-31-34-37-40-43-46-49-58(62)69-55(51-65-56(60)47-44-41-38-35-33-30-23-20-17-14-11-8-5-2)53-67-70(63,64)66-52-54(50-59)68-57(61)48-45-42-39-36-32-21-18-15-12-9-6-3/h11,14,16,19-20,23-25,54-55,59H,4-10,12-13,15,17-18,21-22,26-53H2,1-3H3,(H,63,64)/b14-11-,19-16-,23-20-,25-24-. The lowest BCUT2D eigenvalue weighted by atomic mass is 10.1. The van der Waals surface area contributed by atoms with Crippen molar-refractivity contribution in [3.8, 4) is 0 Å². The summed E-state index contributed by atoms with van der Waals surface area (Å²) < 4.78 is 39.5. The Bertz CT molecular complexity index is 1360. The van der Waals surface area contributed by atoms with Gasteiger partial charge in [0.15, 0.2) is 6.10 Å². The number of phosphoric acid groups is 1. The first kappa shape index (κ1) is 67.4. The molecule has 3 unspecified atom stereocenters. The molecule has 0 rings (SSSR count). The highest BCUT2D eigenvalue weighted by Crippen LogP contribution is 2.43. The number of rotatable bonds is 53. The van der Waals surface area contributed by atoms with Crippen LogP contribution in [-0.4, -0.2) is 66.5 Å². The van der Waals surface area contributed by atoms with Gasteiger partial charge in [-0.1, -0.05) is 217 Å². The highest BCUT2D eigenvalue weighted by Gasteiger charge is 2.28. The van der Waals surface area contributed by atoms with E-state index in [9.17, 15) is 28.9 Å². The van der Waals surface area contributed by atoms with Crippen molar-refractivity contribution < 1.29 is 52.2 Å². The Morgan fingerprint density at radius 1 is 0.400 bits per heavy atom. The monoisotopic (exact) mass is 1010 g/mol. The largest absolute Gasteiger partial charge is 0.472 e.